The molecule has 0 radical (unpaired) electrons. The Bertz CT molecular complexity index is 1080. The Labute approximate surface area is 167 Å². The minimum absolute atomic E-state index is 0.188. The lowest BCUT2D eigenvalue weighted by atomic mass is 10.2. The molecular weight excluding hydrogens is 400 g/mol. The van der Waals surface area contributed by atoms with Crippen molar-refractivity contribution in [1.82, 2.24) is 4.98 Å². The fraction of sp³-hybridized carbons (Fsp3) is 0.263. The zero-order chi connectivity index (χ0) is 20.5. The van der Waals surface area contributed by atoms with Crippen LogP contribution in [0.1, 0.15) is 24.2 Å². The average Bonchev–Trinajstić information content (AvgIpc) is 3.10. The third-order valence-corrected chi connectivity index (χ3v) is 7.35. The van der Waals surface area contributed by atoms with E-state index in [1.54, 1.807) is 40.2 Å². The van der Waals surface area contributed by atoms with Crippen LogP contribution in [0, 0.1) is 0 Å². The number of hydrogen-bond donors (Lipinski definition) is 1. The normalized spacial score (nSPS) is 11.6. The van der Waals surface area contributed by atoms with Gasteiger partial charge in [0, 0.05) is 5.56 Å². The van der Waals surface area contributed by atoms with Crippen LogP contribution in [-0.2, 0) is 9.84 Å². The molecule has 7 nitrogen and oxygen atoms in total. The van der Waals surface area contributed by atoms with Gasteiger partial charge in [0.1, 0.15) is 21.7 Å². The first-order valence-corrected chi connectivity index (χ1v) is 10.8. The molecule has 0 fully saturated rings. The summed E-state index contributed by atoms with van der Waals surface area (Å²) in [6.45, 7) is 3.23. The number of thiazole rings is 1. The summed E-state index contributed by atoms with van der Waals surface area (Å²) in [5, 5.41) is 2.60. The molecule has 1 heterocycles. The molecule has 0 spiro atoms. The summed E-state index contributed by atoms with van der Waals surface area (Å²) in [5.74, 6) is 0.832. The lowest BCUT2D eigenvalue weighted by Crippen LogP contribution is -2.15. The number of nitrogens with zero attached hydrogens (tertiary/aromatic N) is 1. The van der Waals surface area contributed by atoms with Gasteiger partial charge >= 0.3 is 0 Å². The van der Waals surface area contributed by atoms with E-state index in [0.29, 0.717) is 27.7 Å². The van der Waals surface area contributed by atoms with Gasteiger partial charge in [-0.25, -0.2) is 13.4 Å². The van der Waals surface area contributed by atoms with Crippen LogP contribution in [0.4, 0.5) is 5.13 Å². The SMILES string of the molecule is COc1ccc(OC)c2sc(NC(=O)c3ccc(S(=O)(=O)C(C)C)cc3)nc12. The van der Waals surface area contributed by atoms with Crippen LogP contribution in [0.3, 0.4) is 0 Å². The highest BCUT2D eigenvalue weighted by Gasteiger charge is 2.20. The fourth-order valence-electron chi connectivity index (χ4n) is 2.58. The largest absolute Gasteiger partial charge is 0.495 e. The monoisotopic (exact) mass is 420 g/mol. The number of benzene rings is 2. The first-order valence-electron chi connectivity index (χ1n) is 8.44. The molecule has 28 heavy (non-hydrogen) atoms. The molecule has 9 heteroatoms. The molecule has 1 amide bonds. The molecule has 0 atom stereocenters. The van der Waals surface area contributed by atoms with Crippen molar-refractivity contribution in [1.29, 1.82) is 0 Å². The Morgan fingerprint density at radius 1 is 1.04 bits per heavy atom. The number of hydrogen-bond acceptors (Lipinski definition) is 7. The Balaban J connectivity index is 1.87. The fourth-order valence-corrected chi connectivity index (χ4v) is 4.61. The highest BCUT2D eigenvalue weighted by Crippen LogP contribution is 2.38. The number of anilines is 1. The number of carbonyl (C=O) groups is 1. The number of nitrogens with one attached hydrogen (secondary N) is 1. The van der Waals surface area contributed by atoms with E-state index in [2.05, 4.69) is 10.3 Å². The van der Waals surface area contributed by atoms with Crippen LogP contribution < -0.4 is 14.8 Å². The van der Waals surface area contributed by atoms with Gasteiger partial charge in [0.2, 0.25) is 0 Å². The number of amides is 1. The number of fused-ring (bicyclic) bond motifs is 1. The number of rotatable bonds is 6. The molecule has 2 aromatic carbocycles. The van der Waals surface area contributed by atoms with Gasteiger partial charge in [0.05, 0.1) is 24.4 Å². The van der Waals surface area contributed by atoms with Crippen molar-refractivity contribution in [3.8, 4) is 11.5 Å². The Hall–Kier alpha value is -2.65. The molecule has 0 saturated heterocycles. The van der Waals surface area contributed by atoms with Crippen LogP contribution in [0.15, 0.2) is 41.3 Å². The summed E-state index contributed by atoms with van der Waals surface area (Å²) >= 11 is 1.27. The Kier molecular flexibility index (Phi) is 5.57. The summed E-state index contributed by atoms with van der Waals surface area (Å²) in [6.07, 6.45) is 0. The van der Waals surface area contributed by atoms with Gasteiger partial charge in [-0.2, -0.15) is 0 Å². The first-order chi connectivity index (χ1) is 13.3. The predicted molar refractivity (Wildman–Crippen MR) is 109 cm³/mol. The minimum atomic E-state index is -3.38. The molecule has 3 rings (SSSR count). The lowest BCUT2D eigenvalue weighted by molar-refractivity contribution is 0.102. The number of sulfone groups is 1. The molecule has 1 aromatic heterocycles. The van der Waals surface area contributed by atoms with Gasteiger partial charge in [-0.05, 0) is 50.2 Å². The van der Waals surface area contributed by atoms with Crippen LogP contribution in [0.2, 0.25) is 0 Å². The second kappa shape index (κ2) is 7.76. The zero-order valence-electron chi connectivity index (χ0n) is 15.8. The van der Waals surface area contributed by atoms with E-state index >= 15 is 0 Å². The van der Waals surface area contributed by atoms with E-state index in [1.807, 2.05) is 0 Å². The number of aromatic nitrogens is 1. The van der Waals surface area contributed by atoms with E-state index < -0.39 is 15.1 Å². The maximum absolute atomic E-state index is 12.5. The smallest absolute Gasteiger partial charge is 0.257 e. The molecule has 0 aliphatic rings. The molecule has 0 aliphatic carbocycles. The van der Waals surface area contributed by atoms with E-state index in [4.69, 9.17) is 9.47 Å². The van der Waals surface area contributed by atoms with Crippen LogP contribution in [0.25, 0.3) is 10.2 Å². The number of ether oxygens (including phenoxy) is 2. The number of carbonyl (C=O) groups excluding carboxylic acids is 1. The summed E-state index contributed by atoms with van der Waals surface area (Å²) in [5.41, 5.74) is 0.932. The molecule has 148 valence electrons. The third kappa shape index (κ3) is 3.67. The van der Waals surface area contributed by atoms with Crippen molar-refractivity contribution in [2.75, 3.05) is 19.5 Å². The molecular formula is C19H20N2O5S2. The van der Waals surface area contributed by atoms with Gasteiger partial charge in [0.15, 0.2) is 15.0 Å². The van der Waals surface area contributed by atoms with Gasteiger partial charge in [-0.1, -0.05) is 11.3 Å². The van der Waals surface area contributed by atoms with Crippen LogP contribution >= 0.6 is 11.3 Å². The third-order valence-electron chi connectivity index (χ3n) is 4.20. The molecule has 1 N–H and O–H groups in total. The Morgan fingerprint density at radius 3 is 2.21 bits per heavy atom. The van der Waals surface area contributed by atoms with Gasteiger partial charge in [0.25, 0.3) is 5.91 Å². The van der Waals surface area contributed by atoms with E-state index in [1.165, 1.54) is 35.6 Å². The van der Waals surface area contributed by atoms with Crippen molar-refractivity contribution in [2.24, 2.45) is 0 Å². The Morgan fingerprint density at radius 2 is 1.64 bits per heavy atom. The van der Waals surface area contributed by atoms with Crippen molar-refractivity contribution >= 4 is 42.4 Å². The lowest BCUT2D eigenvalue weighted by Gasteiger charge is -2.08. The molecule has 0 saturated carbocycles. The molecule has 3 aromatic rings. The summed E-state index contributed by atoms with van der Waals surface area (Å²) in [4.78, 5) is 17.2. The summed E-state index contributed by atoms with van der Waals surface area (Å²) in [6, 6.07) is 9.38. The van der Waals surface area contributed by atoms with E-state index in [0.717, 1.165) is 4.70 Å². The first kappa shape index (κ1) is 20.1. The molecule has 0 bridgehead atoms. The second-order valence-corrected chi connectivity index (χ2v) is 9.74. The quantitative estimate of drug-likeness (QED) is 0.653. The highest BCUT2D eigenvalue weighted by atomic mass is 32.2. The standard InChI is InChI=1S/C19H20N2O5S2/c1-11(2)28(23,24)13-7-5-12(6-8-13)18(22)21-19-20-16-14(25-3)9-10-15(26-4)17(16)27-19/h5-11H,1-4H3,(H,20,21,22). The van der Waals surface area contributed by atoms with E-state index in [9.17, 15) is 13.2 Å². The van der Waals surface area contributed by atoms with Crippen molar-refractivity contribution in [3.63, 3.8) is 0 Å². The van der Waals surface area contributed by atoms with Crippen molar-refractivity contribution in [2.45, 2.75) is 24.0 Å². The van der Waals surface area contributed by atoms with Crippen LogP contribution in [0.5, 0.6) is 11.5 Å². The average molecular weight is 421 g/mol. The van der Waals surface area contributed by atoms with Crippen LogP contribution in [-0.4, -0.2) is 38.8 Å². The maximum atomic E-state index is 12.5. The predicted octanol–water partition coefficient (Wildman–Crippen LogP) is 3.75. The topological polar surface area (TPSA) is 94.6 Å². The van der Waals surface area contributed by atoms with Crippen molar-refractivity contribution < 1.29 is 22.7 Å². The van der Waals surface area contributed by atoms with Gasteiger partial charge in [-0.3, -0.25) is 10.1 Å². The number of methoxy groups -OCH3 is 2. The summed E-state index contributed by atoms with van der Waals surface area (Å²) in [7, 11) is -0.272. The molecule has 0 unspecified atom stereocenters. The zero-order valence-corrected chi connectivity index (χ0v) is 17.5. The summed E-state index contributed by atoms with van der Waals surface area (Å²) < 4.78 is 35.8. The van der Waals surface area contributed by atoms with Crippen molar-refractivity contribution in [3.05, 3.63) is 42.0 Å². The highest BCUT2D eigenvalue weighted by molar-refractivity contribution is 7.92. The van der Waals surface area contributed by atoms with Gasteiger partial charge < -0.3 is 9.47 Å². The second-order valence-electron chi connectivity index (χ2n) is 6.24. The van der Waals surface area contributed by atoms with Gasteiger partial charge in [-0.15, -0.1) is 0 Å². The molecule has 0 aliphatic heterocycles. The van der Waals surface area contributed by atoms with E-state index in [-0.39, 0.29) is 10.8 Å². The maximum Gasteiger partial charge on any atom is 0.257 e. The minimum Gasteiger partial charge on any atom is -0.495 e.